The zero-order chi connectivity index (χ0) is 12.4. The van der Waals surface area contributed by atoms with E-state index in [4.69, 9.17) is 11.6 Å². The number of benzene rings is 1. The maximum Gasteiger partial charge on any atom is 0.0426 e. The second kappa shape index (κ2) is 5.28. The highest BCUT2D eigenvalue weighted by Gasteiger charge is 2.28. The lowest BCUT2D eigenvalue weighted by atomic mass is 9.89. The Balaban J connectivity index is 2.03. The zero-order valence-corrected chi connectivity index (χ0v) is 11.5. The fourth-order valence-electron chi connectivity index (χ4n) is 2.53. The molecule has 17 heavy (non-hydrogen) atoms. The number of hydrogen-bond donors (Lipinski definition) is 1. The van der Waals surface area contributed by atoms with Crippen LogP contribution in [0.5, 0.6) is 0 Å². The first-order valence-corrected chi connectivity index (χ1v) is 6.66. The fourth-order valence-corrected chi connectivity index (χ4v) is 2.72. The van der Waals surface area contributed by atoms with E-state index in [9.17, 15) is 0 Å². The summed E-state index contributed by atoms with van der Waals surface area (Å²) in [7, 11) is 2.21. The van der Waals surface area contributed by atoms with E-state index in [1.807, 2.05) is 18.2 Å². The molecule has 1 heterocycles. The molecule has 2 rings (SSSR count). The predicted molar refractivity (Wildman–Crippen MR) is 74.7 cm³/mol. The van der Waals surface area contributed by atoms with Crippen molar-refractivity contribution in [3.05, 3.63) is 29.3 Å². The minimum atomic E-state index is 0.541. The van der Waals surface area contributed by atoms with Gasteiger partial charge in [-0.1, -0.05) is 24.6 Å². The standard InChI is InChI=1S/C14H21ClN2/c1-10-9-17(3)11(2)7-14(10)16-13-6-4-5-12(15)8-13/h4-6,8,10-11,14,16H,7,9H2,1-3H3. The number of piperidine rings is 1. The van der Waals surface area contributed by atoms with Gasteiger partial charge in [0.2, 0.25) is 0 Å². The summed E-state index contributed by atoms with van der Waals surface area (Å²) in [6.07, 6.45) is 1.18. The molecule has 0 saturated carbocycles. The smallest absolute Gasteiger partial charge is 0.0426 e. The highest BCUT2D eigenvalue weighted by Crippen LogP contribution is 2.25. The fraction of sp³-hybridized carbons (Fsp3) is 0.571. The van der Waals surface area contributed by atoms with Crippen LogP contribution in [-0.4, -0.2) is 30.6 Å². The summed E-state index contributed by atoms with van der Waals surface area (Å²) in [5, 5.41) is 4.41. The molecule has 1 N–H and O–H groups in total. The van der Waals surface area contributed by atoms with Gasteiger partial charge in [0.1, 0.15) is 0 Å². The summed E-state index contributed by atoms with van der Waals surface area (Å²) >= 11 is 6.00. The molecule has 3 atom stereocenters. The van der Waals surface area contributed by atoms with Gasteiger partial charge in [0, 0.05) is 29.3 Å². The quantitative estimate of drug-likeness (QED) is 0.867. The van der Waals surface area contributed by atoms with Crippen molar-refractivity contribution in [2.24, 2.45) is 5.92 Å². The first-order chi connectivity index (χ1) is 8.06. The minimum absolute atomic E-state index is 0.541. The van der Waals surface area contributed by atoms with Crippen LogP contribution < -0.4 is 5.32 Å². The molecule has 1 aromatic rings. The Bertz CT molecular complexity index is 380. The summed E-state index contributed by atoms with van der Waals surface area (Å²) < 4.78 is 0. The molecule has 3 unspecified atom stereocenters. The normalized spacial score (nSPS) is 30.2. The summed E-state index contributed by atoms with van der Waals surface area (Å²) in [5.74, 6) is 0.662. The van der Waals surface area contributed by atoms with Crippen molar-refractivity contribution in [1.82, 2.24) is 4.90 Å². The second-order valence-electron chi connectivity index (χ2n) is 5.26. The summed E-state index contributed by atoms with van der Waals surface area (Å²) in [6, 6.07) is 9.17. The Morgan fingerprint density at radius 2 is 2.12 bits per heavy atom. The van der Waals surface area contributed by atoms with Gasteiger partial charge in [-0.15, -0.1) is 0 Å². The number of hydrogen-bond acceptors (Lipinski definition) is 2. The number of likely N-dealkylation sites (tertiary alicyclic amines) is 1. The minimum Gasteiger partial charge on any atom is -0.382 e. The van der Waals surface area contributed by atoms with E-state index in [1.165, 1.54) is 6.42 Å². The highest BCUT2D eigenvalue weighted by atomic mass is 35.5. The average molecular weight is 253 g/mol. The van der Waals surface area contributed by atoms with Crippen molar-refractivity contribution in [1.29, 1.82) is 0 Å². The van der Waals surface area contributed by atoms with Crippen LogP contribution in [0, 0.1) is 5.92 Å². The van der Waals surface area contributed by atoms with E-state index in [-0.39, 0.29) is 0 Å². The number of nitrogens with zero attached hydrogens (tertiary/aromatic N) is 1. The van der Waals surface area contributed by atoms with Gasteiger partial charge in [-0.3, -0.25) is 0 Å². The Hall–Kier alpha value is -0.730. The van der Waals surface area contributed by atoms with Gasteiger partial charge < -0.3 is 10.2 Å². The maximum absolute atomic E-state index is 6.00. The van der Waals surface area contributed by atoms with E-state index < -0.39 is 0 Å². The van der Waals surface area contributed by atoms with Crippen LogP contribution in [-0.2, 0) is 0 Å². The molecule has 0 spiro atoms. The molecule has 0 aromatic heterocycles. The number of halogens is 1. The third-order valence-corrected chi connectivity index (χ3v) is 4.02. The highest BCUT2D eigenvalue weighted by molar-refractivity contribution is 6.30. The Morgan fingerprint density at radius 1 is 1.35 bits per heavy atom. The molecular weight excluding hydrogens is 232 g/mol. The first-order valence-electron chi connectivity index (χ1n) is 6.28. The summed E-state index contributed by atoms with van der Waals surface area (Å²) in [5.41, 5.74) is 1.13. The molecule has 1 aromatic carbocycles. The van der Waals surface area contributed by atoms with Crippen molar-refractivity contribution in [2.45, 2.75) is 32.4 Å². The van der Waals surface area contributed by atoms with Crippen LogP contribution >= 0.6 is 11.6 Å². The Morgan fingerprint density at radius 3 is 2.82 bits per heavy atom. The average Bonchev–Trinajstić information content (AvgIpc) is 2.26. The van der Waals surface area contributed by atoms with E-state index in [1.54, 1.807) is 0 Å². The largest absolute Gasteiger partial charge is 0.382 e. The molecule has 2 nitrogen and oxygen atoms in total. The lowest BCUT2D eigenvalue weighted by Crippen LogP contribution is -2.48. The third kappa shape index (κ3) is 3.14. The number of nitrogens with one attached hydrogen (secondary N) is 1. The lowest BCUT2D eigenvalue weighted by Gasteiger charge is -2.40. The molecule has 0 radical (unpaired) electrons. The summed E-state index contributed by atoms with van der Waals surface area (Å²) in [4.78, 5) is 2.43. The van der Waals surface area contributed by atoms with Gasteiger partial charge in [0.05, 0.1) is 0 Å². The topological polar surface area (TPSA) is 15.3 Å². The van der Waals surface area contributed by atoms with E-state index in [0.717, 1.165) is 17.3 Å². The zero-order valence-electron chi connectivity index (χ0n) is 10.8. The van der Waals surface area contributed by atoms with Crippen molar-refractivity contribution in [2.75, 3.05) is 18.9 Å². The number of rotatable bonds is 2. The van der Waals surface area contributed by atoms with Gasteiger partial charge in [-0.2, -0.15) is 0 Å². The monoisotopic (exact) mass is 252 g/mol. The maximum atomic E-state index is 6.00. The van der Waals surface area contributed by atoms with Crippen LogP contribution in [0.25, 0.3) is 0 Å². The molecule has 1 aliphatic rings. The van der Waals surface area contributed by atoms with Gasteiger partial charge in [0.15, 0.2) is 0 Å². The number of anilines is 1. The van der Waals surface area contributed by atoms with Crippen LogP contribution in [0.15, 0.2) is 24.3 Å². The van der Waals surface area contributed by atoms with E-state index in [2.05, 4.69) is 37.2 Å². The molecule has 94 valence electrons. The molecule has 1 saturated heterocycles. The first kappa shape index (κ1) is 12.7. The third-order valence-electron chi connectivity index (χ3n) is 3.79. The van der Waals surface area contributed by atoms with Crippen molar-refractivity contribution >= 4 is 17.3 Å². The van der Waals surface area contributed by atoms with E-state index >= 15 is 0 Å². The van der Waals surface area contributed by atoms with Gasteiger partial charge in [0.25, 0.3) is 0 Å². The van der Waals surface area contributed by atoms with Crippen molar-refractivity contribution in [3.8, 4) is 0 Å². The SMILES string of the molecule is CC1CN(C)C(C)CC1Nc1cccc(Cl)c1. The lowest BCUT2D eigenvalue weighted by molar-refractivity contribution is 0.145. The summed E-state index contributed by atoms with van der Waals surface area (Å²) in [6.45, 7) is 5.75. The van der Waals surface area contributed by atoms with Gasteiger partial charge >= 0.3 is 0 Å². The predicted octanol–water partition coefficient (Wildman–Crippen LogP) is 3.48. The van der Waals surface area contributed by atoms with E-state index in [0.29, 0.717) is 18.0 Å². The second-order valence-corrected chi connectivity index (χ2v) is 5.70. The van der Waals surface area contributed by atoms with Gasteiger partial charge in [-0.05, 0) is 44.5 Å². The molecule has 0 amide bonds. The molecule has 0 bridgehead atoms. The van der Waals surface area contributed by atoms with Crippen LogP contribution in [0.2, 0.25) is 5.02 Å². The van der Waals surface area contributed by atoms with Crippen LogP contribution in [0.1, 0.15) is 20.3 Å². The molecule has 0 aliphatic carbocycles. The molecular formula is C14H21ClN2. The Labute approximate surface area is 109 Å². The Kier molecular flexibility index (Phi) is 3.95. The van der Waals surface area contributed by atoms with Crippen molar-refractivity contribution in [3.63, 3.8) is 0 Å². The molecule has 1 aliphatic heterocycles. The van der Waals surface area contributed by atoms with Gasteiger partial charge in [-0.25, -0.2) is 0 Å². The van der Waals surface area contributed by atoms with Crippen LogP contribution in [0.3, 0.4) is 0 Å². The van der Waals surface area contributed by atoms with Crippen LogP contribution in [0.4, 0.5) is 5.69 Å². The molecule has 3 heteroatoms. The molecule has 1 fully saturated rings. The van der Waals surface area contributed by atoms with Crippen molar-refractivity contribution < 1.29 is 0 Å².